The first-order valence-corrected chi connectivity index (χ1v) is 11.7. The molecule has 3 rings (SSSR count). The van der Waals surface area contributed by atoms with Crippen LogP contribution in [0.25, 0.3) is 10.9 Å². The van der Waals surface area contributed by atoms with Crippen LogP contribution >= 0.6 is 0 Å². The molecule has 0 aliphatic carbocycles. The van der Waals surface area contributed by atoms with E-state index in [-0.39, 0.29) is 11.4 Å². The first-order chi connectivity index (χ1) is 12.9. The van der Waals surface area contributed by atoms with Gasteiger partial charge in [-0.15, -0.1) is 0 Å². The maximum atomic E-state index is 12.9. The van der Waals surface area contributed by atoms with E-state index >= 15 is 0 Å². The van der Waals surface area contributed by atoms with Gasteiger partial charge in [0.25, 0.3) is 0 Å². The molecule has 0 spiro atoms. The maximum Gasteiger partial charge on any atom is 0.243 e. The lowest BCUT2D eigenvalue weighted by Gasteiger charge is -2.28. The Morgan fingerprint density at radius 2 is 1.93 bits per heavy atom. The van der Waals surface area contributed by atoms with Gasteiger partial charge in [-0.05, 0) is 49.9 Å². The van der Waals surface area contributed by atoms with Crippen molar-refractivity contribution in [2.75, 3.05) is 18.8 Å². The number of rotatable bonds is 6. The molecule has 1 fully saturated rings. The zero-order valence-electron chi connectivity index (χ0n) is 15.5. The third-order valence-electron chi connectivity index (χ3n) is 4.88. The van der Waals surface area contributed by atoms with E-state index in [9.17, 15) is 17.4 Å². The summed E-state index contributed by atoms with van der Waals surface area (Å²) in [6.45, 7) is 5.51. The lowest BCUT2D eigenvalue weighted by atomic mass is 10.0. The third-order valence-corrected chi connectivity index (χ3v) is 7.94. The number of carbonyl (C=O) groups excluding carboxylic acids is 1. The van der Waals surface area contributed by atoms with Crippen molar-refractivity contribution >= 4 is 38.2 Å². The third kappa shape index (κ3) is 4.07. The van der Waals surface area contributed by atoms with Gasteiger partial charge in [-0.1, -0.05) is 19.1 Å². The van der Waals surface area contributed by atoms with Crippen molar-refractivity contribution in [3.05, 3.63) is 42.1 Å². The number of fused-ring (bicyclic) bond motifs is 1. The fraction of sp³-hybridized carbons (Fsp3) is 0.421. The molecule has 2 aromatic rings. The van der Waals surface area contributed by atoms with E-state index in [4.69, 9.17) is 0 Å². The van der Waals surface area contributed by atoms with Crippen LogP contribution in [-0.4, -0.2) is 46.0 Å². The summed E-state index contributed by atoms with van der Waals surface area (Å²) in [6.07, 6.45) is 5.77. The summed E-state index contributed by atoms with van der Waals surface area (Å²) in [5.74, 6) is 0.459. The van der Waals surface area contributed by atoms with E-state index in [1.165, 1.54) is 12.1 Å². The van der Waals surface area contributed by atoms with E-state index in [0.717, 1.165) is 29.9 Å². The zero-order valence-corrected chi connectivity index (χ0v) is 17.1. The van der Waals surface area contributed by atoms with Gasteiger partial charge in [0.1, 0.15) is 11.0 Å². The smallest absolute Gasteiger partial charge is 0.243 e. The van der Waals surface area contributed by atoms with Crippen molar-refractivity contribution in [1.29, 1.82) is 0 Å². The summed E-state index contributed by atoms with van der Waals surface area (Å²) in [7, 11) is -4.99. The molecule has 6 nitrogen and oxygen atoms in total. The number of aldehydes is 1. The first kappa shape index (κ1) is 20.0. The Morgan fingerprint density at radius 1 is 1.22 bits per heavy atom. The Hall–Kier alpha value is -1.77. The van der Waals surface area contributed by atoms with Gasteiger partial charge in [-0.3, -0.25) is 4.79 Å². The van der Waals surface area contributed by atoms with Crippen LogP contribution in [0.3, 0.4) is 0 Å². The average molecular weight is 409 g/mol. The highest BCUT2D eigenvalue weighted by atomic mass is 32.2. The summed E-state index contributed by atoms with van der Waals surface area (Å²) in [5.41, 5.74) is 0.499. The second-order valence-corrected chi connectivity index (χ2v) is 10.2. The van der Waals surface area contributed by atoms with Crippen LogP contribution in [0.15, 0.2) is 41.3 Å². The highest BCUT2D eigenvalue weighted by molar-refractivity contribution is 7.90. The van der Waals surface area contributed by atoms with Gasteiger partial charge >= 0.3 is 0 Å². The van der Waals surface area contributed by atoms with Gasteiger partial charge in [-0.2, -0.15) is 0 Å². The van der Waals surface area contributed by atoms with Crippen molar-refractivity contribution in [3.63, 3.8) is 0 Å². The largest absolute Gasteiger partial charge is 0.296 e. The van der Waals surface area contributed by atoms with E-state index in [1.807, 2.05) is 4.31 Å². The van der Waals surface area contributed by atoms with Crippen molar-refractivity contribution in [1.82, 2.24) is 8.28 Å². The number of benzene rings is 1. The summed E-state index contributed by atoms with van der Waals surface area (Å²) >= 11 is 0. The van der Waals surface area contributed by atoms with Crippen molar-refractivity contribution in [3.8, 4) is 0 Å². The summed E-state index contributed by atoms with van der Waals surface area (Å²) in [6, 6.07) is 6.58. The molecule has 1 aliphatic rings. The molecule has 1 atom stereocenters. The summed E-state index contributed by atoms with van der Waals surface area (Å²) in [4.78, 5) is 12.1. The van der Waals surface area contributed by atoms with Crippen LogP contribution in [0.1, 0.15) is 37.2 Å². The molecule has 27 heavy (non-hydrogen) atoms. The Morgan fingerprint density at radius 3 is 2.56 bits per heavy atom. The molecule has 1 aromatic heterocycles. The number of piperidine rings is 1. The molecule has 0 N–H and O–H groups in total. The van der Waals surface area contributed by atoms with Gasteiger partial charge < -0.3 is 0 Å². The lowest BCUT2D eigenvalue weighted by molar-refractivity contribution is 0.111. The topological polar surface area (TPSA) is 76.5 Å². The molecule has 1 aliphatic heterocycles. The van der Waals surface area contributed by atoms with Crippen molar-refractivity contribution in [2.45, 2.75) is 31.6 Å². The highest BCUT2D eigenvalue weighted by Gasteiger charge is 2.23. The van der Waals surface area contributed by atoms with Gasteiger partial charge in [0.2, 0.25) is 10.0 Å². The molecule has 1 aromatic carbocycles. The van der Waals surface area contributed by atoms with Crippen molar-refractivity contribution in [2.24, 2.45) is 5.92 Å². The predicted molar refractivity (Wildman–Crippen MR) is 108 cm³/mol. The SMILES string of the molecule is C/C=C\CS(=O)(=O)n1c(C=O)cc2cc(S(=O)N3CCC(C)CC3)ccc21. The van der Waals surface area contributed by atoms with Crippen LogP contribution < -0.4 is 0 Å². The van der Waals surface area contributed by atoms with E-state index in [2.05, 4.69) is 6.92 Å². The predicted octanol–water partition coefficient (Wildman–Crippen LogP) is 2.96. The quantitative estimate of drug-likeness (QED) is 0.544. The molecule has 0 radical (unpaired) electrons. The van der Waals surface area contributed by atoms with E-state index < -0.39 is 21.0 Å². The van der Waals surface area contributed by atoms with Gasteiger partial charge in [-0.25, -0.2) is 20.9 Å². The average Bonchev–Trinajstić information content (AvgIpc) is 3.05. The second-order valence-electron chi connectivity index (χ2n) is 6.88. The second kappa shape index (κ2) is 8.08. The minimum Gasteiger partial charge on any atom is -0.296 e. The molecule has 0 amide bonds. The molecule has 0 bridgehead atoms. The molecule has 1 saturated heterocycles. The number of aromatic nitrogens is 1. The monoisotopic (exact) mass is 408 g/mol. The minimum absolute atomic E-state index is 0.0734. The molecular weight excluding hydrogens is 384 g/mol. The molecule has 1 unspecified atom stereocenters. The fourth-order valence-corrected chi connectivity index (χ4v) is 6.00. The first-order valence-electron chi connectivity index (χ1n) is 8.99. The molecule has 8 heteroatoms. The Balaban J connectivity index is 2.00. The standard InChI is InChI=1S/C19H24N2O4S2/c1-3-4-11-27(24,25)21-17(14-22)12-16-13-18(5-6-19(16)21)26(23)20-9-7-15(2)8-10-20/h3-6,12-15H,7-11H2,1-2H3/b4-3-. The Kier molecular flexibility index (Phi) is 5.98. The molecule has 0 saturated carbocycles. The number of allylic oxidation sites excluding steroid dienone is 1. The van der Waals surface area contributed by atoms with E-state index in [1.54, 1.807) is 31.2 Å². The van der Waals surface area contributed by atoms with Gasteiger partial charge in [0.15, 0.2) is 6.29 Å². The summed E-state index contributed by atoms with van der Waals surface area (Å²) < 4.78 is 41.2. The van der Waals surface area contributed by atoms with Gasteiger partial charge in [0.05, 0.1) is 21.9 Å². The van der Waals surface area contributed by atoms with Crippen molar-refractivity contribution < 1.29 is 17.4 Å². The van der Waals surface area contributed by atoms with Crippen LogP contribution in [0.2, 0.25) is 0 Å². The Labute approximate surface area is 162 Å². The number of hydrogen-bond donors (Lipinski definition) is 0. The summed E-state index contributed by atoms with van der Waals surface area (Å²) in [5, 5.41) is 0.595. The van der Waals surface area contributed by atoms with Crippen LogP contribution in [0, 0.1) is 5.92 Å². The number of carbonyl (C=O) groups is 1. The normalized spacial score (nSPS) is 18.3. The Bertz CT molecular complexity index is 1000. The molecular formula is C19H24N2O4S2. The van der Waals surface area contributed by atoms with E-state index in [0.29, 0.717) is 28.0 Å². The molecule has 2 heterocycles. The number of nitrogens with zero attached hydrogens (tertiary/aromatic N) is 2. The maximum absolute atomic E-state index is 12.9. The highest BCUT2D eigenvalue weighted by Crippen LogP contribution is 2.26. The molecule has 146 valence electrons. The fourth-order valence-electron chi connectivity index (χ4n) is 3.28. The minimum atomic E-state index is -3.70. The lowest BCUT2D eigenvalue weighted by Crippen LogP contribution is -2.34. The van der Waals surface area contributed by atoms with Crippen LogP contribution in [-0.2, 0) is 21.0 Å². The number of hydrogen-bond acceptors (Lipinski definition) is 4. The zero-order chi connectivity index (χ0) is 19.6. The van der Waals surface area contributed by atoms with Crippen LogP contribution in [0.4, 0.5) is 0 Å². The van der Waals surface area contributed by atoms with Crippen LogP contribution in [0.5, 0.6) is 0 Å². The van der Waals surface area contributed by atoms with Gasteiger partial charge in [0, 0.05) is 18.5 Å².